The molecule has 2 rings (SSSR count). The quantitative estimate of drug-likeness (QED) is 0.665. The maximum absolute atomic E-state index is 12.2. The highest BCUT2D eigenvalue weighted by molar-refractivity contribution is 5.92. The van der Waals surface area contributed by atoms with Crippen LogP contribution in [0.15, 0.2) is 30.3 Å². The molecule has 1 aliphatic rings. The van der Waals surface area contributed by atoms with Crippen LogP contribution in [-0.2, 0) is 14.3 Å². The first-order chi connectivity index (χ1) is 10.7. The molecule has 0 atom stereocenters. The fourth-order valence-electron chi connectivity index (χ4n) is 2.64. The predicted molar refractivity (Wildman–Crippen MR) is 87.3 cm³/mol. The molecular weight excluding hydrogens is 278 g/mol. The lowest BCUT2D eigenvalue weighted by Gasteiger charge is -2.20. The number of carbonyl (C=O) groups is 2. The Labute approximate surface area is 131 Å². The average molecular weight is 301 g/mol. The minimum absolute atomic E-state index is 0.120. The number of hydrogen-bond donors (Lipinski definition) is 1. The van der Waals surface area contributed by atoms with Crippen LogP contribution in [0.5, 0.6) is 0 Å². The van der Waals surface area contributed by atoms with Gasteiger partial charge in [0.25, 0.3) is 0 Å². The molecule has 1 N–H and O–H groups in total. The number of esters is 1. The van der Waals surface area contributed by atoms with Crippen LogP contribution >= 0.6 is 0 Å². The molecular formula is C18H23NO3. The summed E-state index contributed by atoms with van der Waals surface area (Å²) in [6, 6.07) is 7.44. The van der Waals surface area contributed by atoms with Gasteiger partial charge in [-0.1, -0.05) is 31.4 Å². The van der Waals surface area contributed by atoms with Gasteiger partial charge < -0.3 is 10.1 Å². The first kappa shape index (κ1) is 16.3. The van der Waals surface area contributed by atoms with Crippen LogP contribution in [0.2, 0.25) is 0 Å². The highest BCUT2D eigenvalue weighted by Crippen LogP contribution is 2.25. The number of ether oxygens (including phenoxy) is 1. The molecule has 0 bridgehead atoms. The Balaban J connectivity index is 1.88. The molecule has 4 nitrogen and oxygen atoms in total. The summed E-state index contributed by atoms with van der Waals surface area (Å²) in [5, 5.41) is 2.97. The fraction of sp³-hybridized carbons (Fsp3) is 0.444. The zero-order valence-electron chi connectivity index (χ0n) is 13.0. The van der Waals surface area contributed by atoms with E-state index in [0.717, 1.165) is 36.9 Å². The molecule has 0 heterocycles. The number of carbonyl (C=O) groups excluding carboxylic acids is 2. The Bertz CT molecular complexity index is 528. The van der Waals surface area contributed by atoms with E-state index >= 15 is 0 Å². The summed E-state index contributed by atoms with van der Waals surface area (Å²) in [7, 11) is 0. The molecule has 1 amide bonds. The van der Waals surface area contributed by atoms with Crippen molar-refractivity contribution in [1.82, 2.24) is 0 Å². The Hall–Kier alpha value is -2.10. The summed E-state index contributed by atoms with van der Waals surface area (Å²) >= 11 is 0. The molecule has 1 fully saturated rings. The van der Waals surface area contributed by atoms with Crippen molar-refractivity contribution in [2.24, 2.45) is 5.92 Å². The molecule has 0 aromatic heterocycles. The van der Waals surface area contributed by atoms with E-state index in [-0.39, 0.29) is 17.8 Å². The molecule has 1 aromatic carbocycles. The molecule has 22 heavy (non-hydrogen) atoms. The van der Waals surface area contributed by atoms with Crippen LogP contribution < -0.4 is 5.32 Å². The molecule has 0 saturated heterocycles. The van der Waals surface area contributed by atoms with Gasteiger partial charge in [0.2, 0.25) is 5.91 Å². The molecule has 4 heteroatoms. The SMILES string of the molecule is CCOC(=O)/C=C/c1ccc(NC(=O)C2CCCCC2)cc1. The number of rotatable bonds is 5. The normalized spacial score (nSPS) is 15.7. The number of amides is 1. The summed E-state index contributed by atoms with van der Waals surface area (Å²) in [6.45, 7) is 2.14. The van der Waals surface area contributed by atoms with Crippen LogP contribution in [0.4, 0.5) is 5.69 Å². The van der Waals surface area contributed by atoms with E-state index in [1.807, 2.05) is 24.3 Å². The van der Waals surface area contributed by atoms with Gasteiger partial charge in [0.1, 0.15) is 0 Å². The van der Waals surface area contributed by atoms with E-state index in [0.29, 0.717) is 6.61 Å². The lowest BCUT2D eigenvalue weighted by Crippen LogP contribution is -2.24. The van der Waals surface area contributed by atoms with E-state index < -0.39 is 0 Å². The van der Waals surface area contributed by atoms with Gasteiger partial charge >= 0.3 is 5.97 Å². The van der Waals surface area contributed by atoms with Crippen molar-refractivity contribution in [1.29, 1.82) is 0 Å². The van der Waals surface area contributed by atoms with Gasteiger partial charge in [-0.15, -0.1) is 0 Å². The predicted octanol–water partition coefficient (Wildman–Crippen LogP) is 3.78. The van der Waals surface area contributed by atoms with Gasteiger partial charge in [-0.3, -0.25) is 4.79 Å². The second kappa shape index (κ2) is 8.37. The third kappa shape index (κ3) is 5.02. The van der Waals surface area contributed by atoms with Crippen molar-refractivity contribution in [3.8, 4) is 0 Å². The van der Waals surface area contributed by atoms with Gasteiger partial charge in [-0.25, -0.2) is 4.79 Å². The van der Waals surface area contributed by atoms with E-state index in [1.165, 1.54) is 12.5 Å². The molecule has 0 aliphatic heterocycles. The molecule has 0 spiro atoms. The average Bonchev–Trinajstić information content (AvgIpc) is 2.55. The van der Waals surface area contributed by atoms with E-state index in [4.69, 9.17) is 4.74 Å². The first-order valence-corrected chi connectivity index (χ1v) is 7.95. The largest absolute Gasteiger partial charge is 0.463 e. The van der Waals surface area contributed by atoms with Crippen molar-refractivity contribution in [3.63, 3.8) is 0 Å². The molecule has 1 saturated carbocycles. The van der Waals surface area contributed by atoms with Crippen LogP contribution in [0.3, 0.4) is 0 Å². The molecule has 118 valence electrons. The smallest absolute Gasteiger partial charge is 0.330 e. The third-order valence-corrected chi connectivity index (χ3v) is 3.85. The second-order valence-electron chi connectivity index (χ2n) is 5.53. The van der Waals surface area contributed by atoms with Crippen molar-refractivity contribution in [3.05, 3.63) is 35.9 Å². The van der Waals surface area contributed by atoms with Gasteiger partial charge in [-0.05, 0) is 43.5 Å². The highest BCUT2D eigenvalue weighted by atomic mass is 16.5. The summed E-state index contributed by atoms with van der Waals surface area (Å²) in [5.74, 6) is -0.0798. The van der Waals surface area contributed by atoms with Gasteiger partial charge in [0.05, 0.1) is 6.61 Å². The number of anilines is 1. The summed E-state index contributed by atoms with van der Waals surface area (Å²) < 4.78 is 4.82. The molecule has 1 aliphatic carbocycles. The standard InChI is InChI=1S/C18H23NO3/c1-2-22-17(20)13-10-14-8-11-16(12-9-14)19-18(21)15-6-4-3-5-7-15/h8-13,15H,2-7H2,1H3,(H,19,21)/b13-10+. The van der Waals surface area contributed by atoms with E-state index in [2.05, 4.69) is 5.32 Å². The molecule has 0 unspecified atom stereocenters. The molecule has 0 radical (unpaired) electrons. The Kier molecular flexibility index (Phi) is 6.19. The van der Waals surface area contributed by atoms with Crippen LogP contribution in [0, 0.1) is 5.92 Å². The van der Waals surface area contributed by atoms with Crippen molar-refractivity contribution in [2.45, 2.75) is 39.0 Å². The van der Waals surface area contributed by atoms with Crippen molar-refractivity contribution < 1.29 is 14.3 Å². The number of nitrogens with one attached hydrogen (secondary N) is 1. The lowest BCUT2D eigenvalue weighted by molar-refractivity contribution is -0.137. The van der Waals surface area contributed by atoms with E-state index in [9.17, 15) is 9.59 Å². The summed E-state index contributed by atoms with van der Waals surface area (Å²) in [6.07, 6.45) is 8.62. The fourth-order valence-corrected chi connectivity index (χ4v) is 2.64. The van der Waals surface area contributed by atoms with E-state index in [1.54, 1.807) is 13.0 Å². The third-order valence-electron chi connectivity index (χ3n) is 3.85. The molecule has 1 aromatic rings. The Morgan fingerprint density at radius 2 is 1.86 bits per heavy atom. The topological polar surface area (TPSA) is 55.4 Å². The van der Waals surface area contributed by atoms with Crippen LogP contribution in [0.25, 0.3) is 6.08 Å². The minimum atomic E-state index is -0.350. The van der Waals surface area contributed by atoms with Gasteiger partial charge in [-0.2, -0.15) is 0 Å². The first-order valence-electron chi connectivity index (χ1n) is 7.95. The van der Waals surface area contributed by atoms with Crippen molar-refractivity contribution in [2.75, 3.05) is 11.9 Å². The summed E-state index contributed by atoms with van der Waals surface area (Å²) in [5.41, 5.74) is 1.69. The number of hydrogen-bond acceptors (Lipinski definition) is 3. The Morgan fingerprint density at radius 3 is 2.50 bits per heavy atom. The van der Waals surface area contributed by atoms with Crippen molar-refractivity contribution >= 4 is 23.6 Å². The Morgan fingerprint density at radius 1 is 1.18 bits per heavy atom. The monoisotopic (exact) mass is 301 g/mol. The van der Waals surface area contributed by atoms with Crippen LogP contribution in [-0.4, -0.2) is 18.5 Å². The van der Waals surface area contributed by atoms with Crippen LogP contribution in [0.1, 0.15) is 44.6 Å². The maximum Gasteiger partial charge on any atom is 0.330 e. The number of benzene rings is 1. The zero-order chi connectivity index (χ0) is 15.8. The minimum Gasteiger partial charge on any atom is -0.463 e. The van der Waals surface area contributed by atoms with Gasteiger partial charge in [0, 0.05) is 17.7 Å². The second-order valence-corrected chi connectivity index (χ2v) is 5.53. The summed E-state index contributed by atoms with van der Waals surface area (Å²) in [4.78, 5) is 23.4. The lowest BCUT2D eigenvalue weighted by atomic mass is 9.88. The zero-order valence-corrected chi connectivity index (χ0v) is 13.0. The highest BCUT2D eigenvalue weighted by Gasteiger charge is 2.20. The maximum atomic E-state index is 12.2. The van der Waals surface area contributed by atoms with Gasteiger partial charge in [0.15, 0.2) is 0 Å².